The number of benzene rings is 23. The first-order valence-corrected chi connectivity index (χ1v) is 51.1. The van der Waals surface area contributed by atoms with Gasteiger partial charge in [-0.25, -0.2) is 15.0 Å². The summed E-state index contributed by atoms with van der Waals surface area (Å²) in [5, 5.41) is 15.2. The molecule has 0 amide bonds. The van der Waals surface area contributed by atoms with Gasteiger partial charge in [0.1, 0.15) is 0 Å². The van der Waals surface area contributed by atoms with Crippen molar-refractivity contribution in [3.05, 3.63) is 546 Å². The molecular formula is C135H90N6S3. The molecular weight excluding hydrogens is 1800 g/mol. The van der Waals surface area contributed by atoms with Crippen LogP contribution in [-0.4, -0.2) is 15.0 Å². The van der Waals surface area contributed by atoms with Gasteiger partial charge in [-0.1, -0.05) is 388 Å². The summed E-state index contributed by atoms with van der Waals surface area (Å²) in [4.78, 5) is 22.2. The summed E-state index contributed by atoms with van der Waals surface area (Å²) in [5.74, 6) is 1.97. The fourth-order valence-corrected chi connectivity index (χ4v) is 23.6. The molecule has 0 atom stereocenters. The first-order valence-electron chi connectivity index (χ1n) is 48.6. The maximum Gasteiger partial charge on any atom is 0.165 e. The summed E-state index contributed by atoms with van der Waals surface area (Å²) in [7, 11) is 0. The summed E-state index contributed by atoms with van der Waals surface area (Å²) in [6.45, 7) is 0. The summed E-state index contributed by atoms with van der Waals surface area (Å²) >= 11 is 5.54. The Labute approximate surface area is 847 Å². The zero-order chi connectivity index (χ0) is 95.6. The zero-order valence-electron chi connectivity index (χ0n) is 78.4. The highest BCUT2D eigenvalue weighted by Gasteiger charge is 2.24. The number of thiophene rings is 3. The maximum atomic E-state index is 5.11. The maximum absolute atomic E-state index is 5.11. The van der Waals surface area contributed by atoms with Crippen LogP contribution in [0.2, 0.25) is 0 Å². The number of para-hydroxylation sites is 1. The molecule has 0 fully saturated rings. The van der Waals surface area contributed by atoms with E-state index in [0.717, 1.165) is 78.1 Å². The van der Waals surface area contributed by atoms with Gasteiger partial charge in [0.2, 0.25) is 0 Å². The molecule has 0 saturated carbocycles. The molecule has 0 bridgehead atoms. The molecule has 23 aromatic carbocycles. The Balaban J connectivity index is 0.000000116. The van der Waals surface area contributed by atoms with Crippen molar-refractivity contribution in [3.8, 4) is 101 Å². The smallest absolute Gasteiger partial charge is 0.165 e. The Morgan fingerprint density at radius 2 is 0.438 bits per heavy atom. The molecule has 27 aromatic rings. The van der Waals surface area contributed by atoms with E-state index in [1.807, 2.05) is 59.1 Å². The Kier molecular flexibility index (Phi) is 23.6. The number of hydrogen-bond donors (Lipinski definition) is 0. The van der Waals surface area contributed by atoms with E-state index >= 15 is 0 Å². The van der Waals surface area contributed by atoms with Crippen molar-refractivity contribution in [1.29, 1.82) is 0 Å². The van der Waals surface area contributed by atoms with Crippen molar-refractivity contribution in [2.75, 3.05) is 14.7 Å². The molecule has 0 aliphatic heterocycles. The van der Waals surface area contributed by atoms with Crippen LogP contribution in [0.25, 0.3) is 194 Å². The summed E-state index contributed by atoms with van der Waals surface area (Å²) in [6.07, 6.45) is 0. The topological polar surface area (TPSA) is 48.4 Å². The van der Waals surface area contributed by atoms with Crippen LogP contribution in [0.5, 0.6) is 0 Å². The zero-order valence-corrected chi connectivity index (χ0v) is 80.8. The van der Waals surface area contributed by atoms with E-state index in [-0.39, 0.29) is 0 Å². The lowest BCUT2D eigenvalue weighted by molar-refractivity contribution is 1.08. The molecule has 144 heavy (non-hydrogen) atoms. The van der Waals surface area contributed by atoms with Crippen LogP contribution in [0.3, 0.4) is 0 Å². The first kappa shape index (κ1) is 87.4. The molecule has 0 radical (unpaired) electrons. The lowest BCUT2D eigenvalue weighted by Crippen LogP contribution is -2.10. The van der Waals surface area contributed by atoms with Crippen molar-refractivity contribution < 1.29 is 0 Å². The lowest BCUT2D eigenvalue weighted by atomic mass is 9.97. The Bertz CT molecular complexity index is 9190. The van der Waals surface area contributed by atoms with Gasteiger partial charge in [0, 0.05) is 128 Å². The standard InChI is InChI=1S/C55H36N4S.2C40H27NS/c1-4-15-37(16-5-1)39-29-32-44(33-30-39)59(46-34-31-38-17-10-11-22-42(38)35-46)45-24-12-23-43(36-45)47-25-14-28-50-51(47)48-26-13-27-49(52(48)60-50)55-57-53(40-18-6-2-7-19-40)56-54(58-55)41-20-8-3-9-21-41;1-3-9-28(10-4-1)29-15-20-35(21-16-29)41(34-13-5-2-6-14-34)36-22-17-30(18-23-36)33-19-24-37-38-25-31-11-7-8-12-32(31)26-40(38)42-39(37)27-33;1-3-9-28(10-4-1)30-15-20-34(21-16-30)41(35-22-17-31(18-23-35)29-11-5-2-6-12-29)36-24-19-32-27-40-38(26-33(32)25-36)37-13-7-8-14-39(37)42-40/h1-36H;2*1-27H. The van der Waals surface area contributed by atoms with E-state index in [4.69, 9.17) is 15.0 Å². The van der Waals surface area contributed by atoms with E-state index in [0.29, 0.717) is 17.5 Å². The molecule has 6 nitrogen and oxygen atoms in total. The van der Waals surface area contributed by atoms with Crippen LogP contribution in [0.4, 0.5) is 51.2 Å². The Hall–Kier alpha value is -18.1. The third kappa shape index (κ3) is 17.6. The minimum Gasteiger partial charge on any atom is -0.311 e. The minimum absolute atomic E-state index is 0.653. The molecule has 9 heteroatoms. The highest BCUT2D eigenvalue weighted by Crippen LogP contribution is 2.49. The number of fused-ring (bicyclic) bond motifs is 12. The SMILES string of the molecule is c1ccc(-c2ccc(N(c3ccc(-c4ccccc4)cc3)c3ccc4cc5sc6ccccc6c5cc4c3)cc2)cc1.c1ccc(-c2ccc(N(c3cccc(-c4cccc5sc6c(-c7nc(-c8ccccc8)nc(-c8ccccc8)n7)cccc6c45)c3)c3ccc4ccccc4c3)cc2)cc1.c1ccc(-c2ccc(N(c3ccccc3)c3ccc(-c4ccc5c(c4)sc4cc6ccccc6cc45)cc3)cc2)cc1. The van der Waals surface area contributed by atoms with Crippen molar-refractivity contribution in [3.63, 3.8) is 0 Å². The van der Waals surface area contributed by atoms with Gasteiger partial charge in [0.15, 0.2) is 17.5 Å². The monoisotopic (exact) mass is 1890 g/mol. The van der Waals surface area contributed by atoms with Crippen molar-refractivity contribution in [1.82, 2.24) is 15.0 Å². The van der Waals surface area contributed by atoms with Gasteiger partial charge in [0.05, 0.1) is 0 Å². The number of nitrogens with zero attached hydrogens (tertiary/aromatic N) is 6. The fraction of sp³-hybridized carbons (Fsp3) is 0. The molecule has 4 heterocycles. The molecule has 4 aromatic heterocycles. The quantitative estimate of drug-likeness (QED) is 0.0853. The highest BCUT2D eigenvalue weighted by atomic mass is 32.1. The molecule has 0 spiro atoms. The second-order valence-electron chi connectivity index (χ2n) is 36.1. The predicted molar refractivity (Wildman–Crippen MR) is 617 cm³/mol. The van der Waals surface area contributed by atoms with Crippen LogP contribution in [-0.2, 0) is 0 Å². The average Bonchev–Trinajstić information content (AvgIpc) is 1.60. The van der Waals surface area contributed by atoms with E-state index in [1.165, 1.54) is 149 Å². The Morgan fingerprint density at radius 3 is 0.951 bits per heavy atom. The van der Waals surface area contributed by atoms with Crippen molar-refractivity contribution in [2.45, 2.75) is 0 Å². The van der Waals surface area contributed by atoms with E-state index in [2.05, 4.69) is 524 Å². The number of rotatable bonds is 18. The van der Waals surface area contributed by atoms with Gasteiger partial charge in [-0.3, -0.25) is 0 Å². The van der Waals surface area contributed by atoms with Gasteiger partial charge >= 0.3 is 0 Å². The molecule has 27 rings (SSSR count). The summed E-state index contributed by atoms with van der Waals surface area (Å²) < 4.78 is 7.70. The molecule has 0 saturated heterocycles. The van der Waals surface area contributed by atoms with Crippen LogP contribution in [0, 0.1) is 0 Å². The molecule has 0 aliphatic carbocycles. The van der Waals surface area contributed by atoms with Gasteiger partial charge in [-0.15, -0.1) is 34.0 Å². The minimum atomic E-state index is 0.653. The van der Waals surface area contributed by atoms with Crippen LogP contribution < -0.4 is 14.7 Å². The fourth-order valence-electron chi connectivity index (χ4n) is 20.0. The predicted octanol–water partition coefficient (Wildman–Crippen LogP) is 39.2. The van der Waals surface area contributed by atoms with Gasteiger partial charge in [-0.05, 0) is 257 Å². The van der Waals surface area contributed by atoms with Crippen molar-refractivity contribution in [2.24, 2.45) is 0 Å². The molecule has 0 N–H and O–H groups in total. The second-order valence-corrected chi connectivity index (χ2v) is 39.3. The highest BCUT2D eigenvalue weighted by molar-refractivity contribution is 7.27. The normalized spacial score (nSPS) is 11.3. The summed E-state index contributed by atoms with van der Waals surface area (Å²) in [6, 6.07) is 195. The number of aromatic nitrogens is 3. The van der Waals surface area contributed by atoms with Crippen molar-refractivity contribution >= 4 is 178 Å². The van der Waals surface area contributed by atoms with Crippen LogP contribution >= 0.6 is 34.0 Å². The molecule has 0 aliphatic rings. The summed E-state index contributed by atoms with van der Waals surface area (Å²) in [5.41, 5.74) is 27.5. The van der Waals surface area contributed by atoms with Crippen LogP contribution in [0.1, 0.15) is 0 Å². The Morgan fingerprint density at radius 1 is 0.139 bits per heavy atom. The van der Waals surface area contributed by atoms with Gasteiger partial charge in [-0.2, -0.15) is 0 Å². The second kappa shape index (κ2) is 38.9. The molecule has 0 unspecified atom stereocenters. The third-order valence-corrected chi connectivity index (χ3v) is 30.6. The van der Waals surface area contributed by atoms with Gasteiger partial charge in [0.25, 0.3) is 0 Å². The number of hydrogen-bond acceptors (Lipinski definition) is 9. The third-order valence-electron chi connectivity index (χ3n) is 27.2. The lowest BCUT2D eigenvalue weighted by Gasteiger charge is -2.26. The largest absolute Gasteiger partial charge is 0.311 e. The van der Waals surface area contributed by atoms with E-state index in [1.54, 1.807) is 11.3 Å². The van der Waals surface area contributed by atoms with Crippen LogP contribution in [0.15, 0.2) is 546 Å². The first-order chi connectivity index (χ1) is 71.3. The van der Waals surface area contributed by atoms with E-state index in [9.17, 15) is 0 Å². The van der Waals surface area contributed by atoms with Gasteiger partial charge < -0.3 is 14.7 Å². The average molecular weight is 1890 g/mol. The number of anilines is 9. The molecule has 678 valence electrons. The van der Waals surface area contributed by atoms with E-state index < -0.39 is 0 Å².